The van der Waals surface area contributed by atoms with Crippen LogP contribution in [0.1, 0.15) is 16.7 Å². The van der Waals surface area contributed by atoms with Crippen molar-refractivity contribution < 1.29 is 4.39 Å². The molecule has 8 nitrogen and oxygen atoms in total. The maximum absolute atomic E-state index is 14.4. The second kappa shape index (κ2) is 8.19. The first-order chi connectivity index (χ1) is 14.8. The molecule has 2 N–H and O–H groups in total. The first-order valence-electron chi connectivity index (χ1n) is 9.33. The molecule has 2 aromatic carbocycles. The number of aryl methyl sites for hydroxylation is 2. The van der Waals surface area contributed by atoms with Gasteiger partial charge < -0.3 is 0 Å². The van der Waals surface area contributed by atoms with Gasteiger partial charge in [0.2, 0.25) is 5.95 Å². The lowest BCUT2D eigenvalue weighted by Crippen LogP contribution is -2.29. The molecule has 0 radical (unpaired) electrons. The van der Waals surface area contributed by atoms with Crippen LogP contribution >= 0.6 is 11.6 Å². The quantitative estimate of drug-likeness (QED) is 0.368. The van der Waals surface area contributed by atoms with E-state index in [9.17, 15) is 14.0 Å². The van der Waals surface area contributed by atoms with Crippen LogP contribution in [0.3, 0.4) is 0 Å². The van der Waals surface area contributed by atoms with Crippen molar-refractivity contribution in [3.63, 3.8) is 0 Å². The predicted octanol–water partition coefficient (Wildman–Crippen LogP) is 3.02. The van der Waals surface area contributed by atoms with Gasteiger partial charge in [0.1, 0.15) is 5.82 Å². The highest BCUT2D eigenvalue weighted by Crippen LogP contribution is 2.24. The Morgan fingerprint density at radius 3 is 2.68 bits per heavy atom. The summed E-state index contributed by atoms with van der Waals surface area (Å²) in [7, 11) is 1.48. The van der Waals surface area contributed by atoms with E-state index in [0.717, 1.165) is 11.1 Å². The lowest BCUT2D eigenvalue weighted by Gasteiger charge is -2.10. The predicted molar refractivity (Wildman–Crippen MR) is 119 cm³/mol. The second-order valence-corrected chi connectivity index (χ2v) is 7.40. The zero-order chi connectivity index (χ0) is 22.1. The maximum Gasteiger partial charge on any atom is 0.329 e. The Labute approximate surface area is 180 Å². The average Bonchev–Trinajstić information content (AvgIpc) is 3.09. The Kier molecular flexibility index (Phi) is 5.43. The normalized spacial score (nSPS) is 11.5. The number of anilines is 1. The third kappa shape index (κ3) is 3.99. The van der Waals surface area contributed by atoms with Crippen molar-refractivity contribution in [2.45, 2.75) is 13.5 Å². The van der Waals surface area contributed by atoms with Crippen molar-refractivity contribution >= 4 is 34.9 Å². The summed E-state index contributed by atoms with van der Waals surface area (Å²) in [6.07, 6.45) is 1.59. The summed E-state index contributed by atoms with van der Waals surface area (Å²) >= 11 is 6.18. The van der Waals surface area contributed by atoms with Gasteiger partial charge in [0.15, 0.2) is 11.2 Å². The van der Waals surface area contributed by atoms with Gasteiger partial charge in [-0.15, -0.1) is 0 Å². The highest BCUT2D eigenvalue weighted by molar-refractivity contribution is 6.31. The van der Waals surface area contributed by atoms with Gasteiger partial charge in [-0.1, -0.05) is 47.5 Å². The van der Waals surface area contributed by atoms with E-state index < -0.39 is 17.1 Å². The molecule has 2 heterocycles. The Hall–Kier alpha value is -3.72. The molecule has 0 amide bonds. The number of imidazole rings is 1. The van der Waals surface area contributed by atoms with Crippen molar-refractivity contribution in [2.75, 3.05) is 5.43 Å². The van der Waals surface area contributed by atoms with Crippen LogP contribution in [0.5, 0.6) is 0 Å². The van der Waals surface area contributed by atoms with E-state index in [1.54, 1.807) is 12.3 Å². The minimum Gasteiger partial charge on any atom is -0.298 e. The van der Waals surface area contributed by atoms with Gasteiger partial charge in [-0.05, 0) is 24.6 Å². The van der Waals surface area contributed by atoms with Crippen molar-refractivity contribution in [1.82, 2.24) is 19.1 Å². The van der Waals surface area contributed by atoms with Crippen molar-refractivity contribution in [2.24, 2.45) is 12.1 Å². The SMILES string of the molecule is Cc1ccc(/C=N/Nc2nc3c(c(=O)[nH]c(=O)n3C)n2Cc2c(F)cccc2Cl)cc1. The molecule has 0 aliphatic heterocycles. The molecule has 0 fully saturated rings. The molecule has 2 aromatic heterocycles. The van der Waals surface area contributed by atoms with Crippen LogP contribution in [-0.4, -0.2) is 25.3 Å². The lowest BCUT2D eigenvalue weighted by atomic mass is 10.2. The fourth-order valence-electron chi connectivity index (χ4n) is 3.13. The zero-order valence-electron chi connectivity index (χ0n) is 16.7. The topological polar surface area (TPSA) is 97.1 Å². The second-order valence-electron chi connectivity index (χ2n) is 6.99. The number of fused-ring (bicyclic) bond motifs is 1. The standard InChI is InChI=1S/C21H18ClFN6O2/c1-12-6-8-13(9-7-12)10-24-27-20-25-18-17(19(30)26-21(31)28(18)2)29(20)11-14-15(22)4-3-5-16(14)23/h3-10H,11H2,1-2H3,(H,25,27)(H,26,30,31)/b24-10+. The first-order valence-corrected chi connectivity index (χ1v) is 9.71. The van der Waals surface area contributed by atoms with Gasteiger partial charge in [0.25, 0.3) is 5.56 Å². The number of aromatic amines is 1. The summed E-state index contributed by atoms with van der Waals surface area (Å²) < 4.78 is 17.0. The third-order valence-electron chi connectivity index (χ3n) is 4.84. The average molecular weight is 441 g/mol. The molecule has 0 saturated carbocycles. The zero-order valence-corrected chi connectivity index (χ0v) is 17.4. The van der Waals surface area contributed by atoms with Crippen molar-refractivity contribution in [1.29, 1.82) is 0 Å². The number of hydrogen-bond acceptors (Lipinski definition) is 5. The van der Waals surface area contributed by atoms with E-state index >= 15 is 0 Å². The van der Waals surface area contributed by atoms with Crippen LogP contribution in [0.2, 0.25) is 5.02 Å². The van der Waals surface area contributed by atoms with E-state index in [4.69, 9.17) is 11.6 Å². The van der Waals surface area contributed by atoms with Gasteiger partial charge in [0.05, 0.1) is 12.8 Å². The van der Waals surface area contributed by atoms with Crippen LogP contribution in [-0.2, 0) is 13.6 Å². The summed E-state index contributed by atoms with van der Waals surface area (Å²) in [5.74, 6) is -0.367. The number of rotatable bonds is 5. The molecular formula is C21H18ClFN6O2. The molecule has 4 rings (SSSR count). The maximum atomic E-state index is 14.4. The molecule has 158 valence electrons. The Morgan fingerprint density at radius 1 is 1.23 bits per heavy atom. The molecule has 0 aliphatic carbocycles. The van der Waals surface area contributed by atoms with E-state index in [0.29, 0.717) is 0 Å². The molecule has 31 heavy (non-hydrogen) atoms. The van der Waals surface area contributed by atoms with Gasteiger partial charge >= 0.3 is 5.69 Å². The Balaban J connectivity index is 1.82. The largest absolute Gasteiger partial charge is 0.329 e. The van der Waals surface area contributed by atoms with E-state index in [2.05, 4.69) is 20.5 Å². The molecule has 0 atom stereocenters. The highest BCUT2D eigenvalue weighted by Gasteiger charge is 2.19. The number of hydrazone groups is 1. The summed E-state index contributed by atoms with van der Waals surface area (Å²) in [6.45, 7) is 1.89. The van der Waals surface area contributed by atoms with E-state index in [1.165, 1.54) is 28.3 Å². The van der Waals surface area contributed by atoms with Crippen molar-refractivity contribution in [3.8, 4) is 0 Å². The molecule has 0 unspecified atom stereocenters. The molecule has 0 spiro atoms. The van der Waals surface area contributed by atoms with Crippen LogP contribution in [0.25, 0.3) is 11.2 Å². The molecule has 10 heteroatoms. The summed E-state index contributed by atoms with van der Waals surface area (Å²) in [5.41, 5.74) is 3.91. The number of benzene rings is 2. The minimum absolute atomic E-state index is 0.0916. The molecular weight excluding hydrogens is 423 g/mol. The summed E-state index contributed by atoms with van der Waals surface area (Å²) in [4.78, 5) is 31.1. The molecule has 0 saturated heterocycles. The van der Waals surface area contributed by atoms with Crippen LogP contribution in [0, 0.1) is 12.7 Å². The summed E-state index contributed by atoms with van der Waals surface area (Å²) in [5, 5.41) is 4.39. The summed E-state index contributed by atoms with van der Waals surface area (Å²) in [6, 6.07) is 12.0. The minimum atomic E-state index is -0.645. The van der Waals surface area contributed by atoms with Crippen LogP contribution in [0.15, 0.2) is 57.2 Å². The number of aromatic nitrogens is 4. The van der Waals surface area contributed by atoms with Gasteiger partial charge in [-0.2, -0.15) is 10.1 Å². The Morgan fingerprint density at radius 2 is 1.97 bits per heavy atom. The number of nitrogens with zero attached hydrogens (tertiary/aromatic N) is 4. The number of H-pyrrole nitrogens is 1. The highest BCUT2D eigenvalue weighted by atomic mass is 35.5. The van der Waals surface area contributed by atoms with Crippen LogP contribution < -0.4 is 16.7 Å². The van der Waals surface area contributed by atoms with E-state index in [1.807, 2.05) is 31.2 Å². The van der Waals surface area contributed by atoms with E-state index in [-0.39, 0.29) is 34.2 Å². The van der Waals surface area contributed by atoms with Crippen molar-refractivity contribution in [3.05, 3.63) is 90.8 Å². The van der Waals surface area contributed by atoms with Gasteiger partial charge in [-0.3, -0.25) is 18.9 Å². The van der Waals surface area contributed by atoms with Gasteiger partial charge in [0, 0.05) is 17.6 Å². The number of halogens is 2. The molecule has 0 aliphatic rings. The van der Waals surface area contributed by atoms with Crippen LogP contribution in [0.4, 0.5) is 10.3 Å². The number of nitrogens with one attached hydrogen (secondary N) is 2. The number of hydrogen-bond donors (Lipinski definition) is 2. The fraction of sp³-hybridized carbons (Fsp3) is 0.143. The monoisotopic (exact) mass is 440 g/mol. The Bertz CT molecular complexity index is 1400. The first kappa shape index (κ1) is 20.5. The molecule has 4 aromatic rings. The lowest BCUT2D eigenvalue weighted by molar-refractivity contribution is 0.602. The fourth-order valence-corrected chi connectivity index (χ4v) is 3.36. The smallest absolute Gasteiger partial charge is 0.298 e. The molecule has 0 bridgehead atoms. The van der Waals surface area contributed by atoms with Gasteiger partial charge in [-0.25, -0.2) is 14.6 Å². The third-order valence-corrected chi connectivity index (χ3v) is 5.19.